The molecule has 0 radical (unpaired) electrons. The number of ether oxygens (including phenoxy) is 1. The van der Waals surface area contributed by atoms with Gasteiger partial charge in [-0.25, -0.2) is 22.5 Å². The van der Waals surface area contributed by atoms with Crippen LogP contribution in [0.15, 0.2) is 54.7 Å². The minimum Gasteiger partial charge on any atom is -0.455 e. The molecule has 0 fully saturated rings. The lowest BCUT2D eigenvalue weighted by Gasteiger charge is -2.10. The van der Waals surface area contributed by atoms with E-state index >= 15 is 0 Å². The summed E-state index contributed by atoms with van der Waals surface area (Å²) in [6.07, 6.45) is 1.19. The number of hydrogen-bond acceptors (Lipinski definition) is 3. The van der Waals surface area contributed by atoms with Crippen LogP contribution in [0.25, 0.3) is 0 Å². The summed E-state index contributed by atoms with van der Waals surface area (Å²) in [5.41, 5.74) is -0.573. The molecular formula is C19H12F4N2O2. The number of carbonyl (C=O) groups is 1. The van der Waals surface area contributed by atoms with Crippen LogP contribution in [0, 0.1) is 17.5 Å². The van der Waals surface area contributed by atoms with Gasteiger partial charge in [-0.1, -0.05) is 6.07 Å². The number of halogens is 4. The molecule has 138 valence electrons. The first kappa shape index (κ1) is 18.4. The fraction of sp³-hybridized carbons (Fsp3) is 0.0526. The summed E-state index contributed by atoms with van der Waals surface area (Å²) in [5.74, 6) is -3.44. The molecule has 4 nitrogen and oxygen atoms in total. The van der Waals surface area contributed by atoms with E-state index in [1.165, 1.54) is 24.4 Å². The number of rotatable bonds is 5. The lowest BCUT2D eigenvalue weighted by molar-refractivity contribution is 0.101. The van der Waals surface area contributed by atoms with Crippen molar-refractivity contribution in [2.75, 3.05) is 5.32 Å². The van der Waals surface area contributed by atoms with Gasteiger partial charge in [0.05, 0.1) is 6.20 Å². The monoisotopic (exact) mass is 376 g/mol. The summed E-state index contributed by atoms with van der Waals surface area (Å²) in [5, 5.41) is 2.26. The van der Waals surface area contributed by atoms with Crippen molar-refractivity contribution in [3.05, 3.63) is 83.3 Å². The van der Waals surface area contributed by atoms with Crippen LogP contribution in [0.4, 0.5) is 23.4 Å². The van der Waals surface area contributed by atoms with Crippen LogP contribution in [0.3, 0.4) is 0 Å². The van der Waals surface area contributed by atoms with Gasteiger partial charge >= 0.3 is 0 Å². The molecule has 27 heavy (non-hydrogen) atoms. The minimum atomic E-state index is -1.00. The highest BCUT2D eigenvalue weighted by atomic mass is 19.1. The molecule has 1 aromatic heterocycles. The number of carbonyl (C=O) groups excluding carboxylic acids is 1. The second-order valence-corrected chi connectivity index (χ2v) is 5.42. The molecule has 0 saturated carbocycles. The molecule has 8 heteroatoms. The second kappa shape index (κ2) is 7.86. The van der Waals surface area contributed by atoms with Crippen molar-refractivity contribution in [2.45, 2.75) is 6.67 Å². The van der Waals surface area contributed by atoms with Gasteiger partial charge in [0.25, 0.3) is 5.91 Å². The van der Waals surface area contributed by atoms with E-state index in [1.54, 1.807) is 0 Å². The Kier molecular flexibility index (Phi) is 5.35. The first-order valence-corrected chi connectivity index (χ1v) is 7.71. The summed E-state index contributed by atoms with van der Waals surface area (Å²) in [7, 11) is 0. The fourth-order valence-electron chi connectivity index (χ4n) is 2.27. The van der Waals surface area contributed by atoms with E-state index in [9.17, 15) is 22.4 Å². The third-order valence-corrected chi connectivity index (χ3v) is 3.57. The van der Waals surface area contributed by atoms with Crippen molar-refractivity contribution in [3.8, 4) is 11.5 Å². The SMILES string of the molecule is O=C(Nc1ccc(Oc2cc(F)ccc2CF)cn1)c1c(F)cccc1F. The smallest absolute Gasteiger partial charge is 0.262 e. The van der Waals surface area contributed by atoms with E-state index in [4.69, 9.17) is 4.74 Å². The Hall–Kier alpha value is -3.42. The van der Waals surface area contributed by atoms with E-state index < -0.39 is 35.6 Å². The van der Waals surface area contributed by atoms with E-state index in [0.717, 1.165) is 30.3 Å². The van der Waals surface area contributed by atoms with Crippen LogP contribution in [0.2, 0.25) is 0 Å². The number of nitrogens with one attached hydrogen (secondary N) is 1. The Morgan fingerprint density at radius 1 is 1.04 bits per heavy atom. The predicted octanol–water partition coefficient (Wildman–Crippen LogP) is 5.01. The van der Waals surface area contributed by atoms with Crippen LogP contribution in [-0.2, 0) is 6.67 Å². The summed E-state index contributed by atoms with van der Waals surface area (Å²) in [6.45, 7) is -0.842. The van der Waals surface area contributed by atoms with E-state index in [2.05, 4.69) is 10.3 Å². The highest BCUT2D eigenvalue weighted by Crippen LogP contribution is 2.27. The Morgan fingerprint density at radius 3 is 2.41 bits per heavy atom. The summed E-state index contributed by atoms with van der Waals surface area (Å²) in [4.78, 5) is 15.9. The molecular weight excluding hydrogens is 364 g/mol. The third kappa shape index (κ3) is 4.22. The molecule has 0 aliphatic heterocycles. The van der Waals surface area contributed by atoms with Crippen LogP contribution in [0.5, 0.6) is 11.5 Å². The van der Waals surface area contributed by atoms with E-state index in [1.807, 2.05) is 0 Å². The van der Waals surface area contributed by atoms with Gasteiger partial charge in [0.1, 0.15) is 47.0 Å². The number of nitrogens with zero attached hydrogens (tertiary/aromatic N) is 1. The highest BCUT2D eigenvalue weighted by Gasteiger charge is 2.17. The van der Waals surface area contributed by atoms with Crippen LogP contribution >= 0.6 is 0 Å². The molecule has 3 rings (SSSR count). The summed E-state index contributed by atoms with van der Waals surface area (Å²) < 4.78 is 58.8. The average Bonchev–Trinajstić information content (AvgIpc) is 2.63. The summed E-state index contributed by atoms with van der Waals surface area (Å²) >= 11 is 0. The van der Waals surface area contributed by atoms with Gasteiger partial charge in [-0.05, 0) is 36.4 Å². The maximum Gasteiger partial charge on any atom is 0.262 e. The van der Waals surface area contributed by atoms with Crippen LogP contribution in [0.1, 0.15) is 15.9 Å². The molecule has 1 heterocycles. The third-order valence-electron chi connectivity index (χ3n) is 3.57. The lowest BCUT2D eigenvalue weighted by Crippen LogP contribution is -2.16. The summed E-state index contributed by atoms with van der Waals surface area (Å²) in [6, 6.07) is 9.17. The largest absolute Gasteiger partial charge is 0.455 e. The standard InChI is InChI=1S/C19H12F4N2O2/c20-9-11-4-5-12(21)8-16(11)27-13-6-7-17(24-10-13)25-19(26)18-14(22)2-1-3-15(18)23/h1-8,10H,9H2,(H,24,25,26). The van der Waals surface area contributed by atoms with E-state index in [0.29, 0.717) is 0 Å². The number of hydrogen-bond donors (Lipinski definition) is 1. The Balaban J connectivity index is 1.74. The molecule has 3 aromatic rings. The van der Waals surface area contributed by atoms with E-state index in [-0.39, 0.29) is 22.9 Å². The van der Waals surface area contributed by atoms with Gasteiger partial charge in [-0.3, -0.25) is 4.79 Å². The minimum absolute atomic E-state index is 0.00971. The Bertz CT molecular complexity index is 958. The van der Waals surface area contributed by atoms with Gasteiger partial charge in [0.2, 0.25) is 0 Å². The Morgan fingerprint density at radius 2 is 1.78 bits per heavy atom. The zero-order valence-electron chi connectivity index (χ0n) is 13.7. The quantitative estimate of drug-likeness (QED) is 0.637. The number of anilines is 1. The highest BCUT2D eigenvalue weighted by molar-refractivity contribution is 6.04. The number of alkyl halides is 1. The van der Waals surface area contributed by atoms with Gasteiger partial charge in [-0.15, -0.1) is 0 Å². The number of aromatic nitrogens is 1. The number of amides is 1. The average molecular weight is 376 g/mol. The maximum absolute atomic E-state index is 13.6. The molecule has 1 N–H and O–H groups in total. The molecule has 0 saturated heterocycles. The molecule has 0 aliphatic carbocycles. The molecule has 1 amide bonds. The van der Waals surface area contributed by atoms with Crippen LogP contribution in [-0.4, -0.2) is 10.9 Å². The molecule has 0 spiro atoms. The molecule has 0 aliphatic rings. The first-order valence-electron chi connectivity index (χ1n) is 7.71. The number of benzene rings is 2. The van der Waals surface area contributed by atoms with Gasteiger partial charge in [0.15, 0.2) is 0 Å². The predicted molar refractivity (Wildman–Crippen MR) is 89.8 cm³/mol. The first-order chi connectivity index (χ1) is 13.0. The Labute approximate surface area is 151 Å². The van der Waals surface area contributed by atoms with Crippen LogP contribution < -0.4 is 10.1 Å². The van der Waals surface area contributed by atoms with Crippen molar-refractivity contribution in [1.29, 1.82) is 0 Å². The fourth-order valence-corrected chi connectivity index (χ4v) is 2.27. The molecule has 0 atom stereocenters. The number of pyridine rings is 1. The van der Waals surface area contributed by atoms with Gasteiger partial charge in [0, 0.05) is 11.6 Å². The van der Waals surface area contributed by atoms with Gasteiger partial charge in [-0.2, -0.15) is 0 Å². The van der Waals surface area contributed by atoms with Crippen molar-refractivity contribution < 1.29 is 27.1 Å². The molecule has 0 unspecified atom stereocenters. The van der Waals surface area contributed by atoms with Gasteiger partial charge < -0.3 is 10.1 Å². The zero-order chi connectivity index (χ0) is 19.4. The van der Waals surface area contributed by atoms with Crippen molar-refractivity contribution in [2.24, 2.45) is 0 Å². The van der Waals surface area contributed by atoms with Crippen molar-refractivity contribution in [1.82, 2.24) is 4.98 Å². The van der Waals surface area contributed by atoms with Crippen molar-refractivity contribution in [3.63, 3.8) is 0 Å². The lowest BCUT2D eigenvalue weighted by atomic mass is 10.2. The maximum atomic E-state index is 13.6. The topological polar surface area (TPSA) is 51.2 Å². The normalized spacial score (nSPS) is 10.5. The molecule has 0 bridgehead atoms. The zero-order valence-corrected chi connectivity index (χ0v) is 13.7. The second-order valence-electron chi connectivity index (χ2n) is 5.42. The van der Waals surface area contributed by atoms with Crippen molar-refractivity contribution >= 4 is 11.7 Å². The molecule has 2 aromatic carbocycles.